The molecule has 9 nitrogen and oxygen atoms in total. The zero-order chi connectivity index (χ0) is 32.1. The highest BCUT2D eigenvalue weighted by atomic mass is 16.5. The number of rotatable bonds is 6. The Bertz CT molecular complexity index is 2100. The van der Waals surface area contributed by atoms with Gasteiger partial charge in [-0.1, -0.05) is 25.3 Å². The van der Waals surface area contributed by atoms with Crippen molar-refractivity contribution in [3.63, 3.8) is 0 Å². The molecule has 47 heavy (non-hydrogen) atoms. The molecule has 2 aromatic heterocycles. The minimum absolute atomic E-state index is 0.254. The smallest absolute Gasteiger partial charge is 0.336 e. The molecule has 0 spiro atoms. The maximum absolute atomic E-state index is 13.9. The number of hydrogen-bond acceptors (Lipinski definition) is 6. The molecule has 8 rings (SSSR count). The van der Waals surface area contributed by atoms with E-state index in [-0.39, 0.29) is 11.8 Å². The monoisotopic (exact) mass is 631 g/mol. The van der Waals surface area contributed by atoms with Crippen molar-refractivity contribution in [3.8, 4) is 22.8 Å². The SMILES string of the molecule is COc1ccc2c(c1)OCCn1c-2c(C2CCCCC2)c2ccc(C(=O)NC3(C(=O)Nc4ccc5oc(=O)ccc5c4)CCC3)cc21. The van der Waals surface area contributed by atoms with Crippen LogP contribution >= 0.6 is 0 Å². The van der Waals surface area contributed by atoms with Crippen molar-refractivity contribution in [3.05, 3.63) is 88.3 Å². The molecule has 0 unspecified atom stereocenters. The van der Waals surface area contributed by atoms with Crippen LogP contribution in [0.2, 0.25) is 0 Å². The van der Waals surface area contributed by atoms with E-state index < -0.39 is 11.2 Å². The molecular weight excluding hydrogens is 594 g/mol. The number of carbonyl (C=O) groups is 2. The first-order valence-electron chi connectivity index (χ1n) is 16.6. The predicted molar refractivity (Wildman–Crippen MR) is 180 cm³/mol. The molecule has 0 bridgehead atoms. The Morgan fingerprint density at radius 1 is 0.936 bits per heavy atom. The number of benzene rings is 3. The first-order valence-corrected chi connectivity index (χ1v) is 16.6. The highest BCUT2D eigenvalue weighted by Crippen LogP contribution is 2.48. The molecule has 2 N–H and O–H groups in total. The summed E-state index contributed by atoms with van der Waals surface area (Å²) in [5.74, 6) is 1.48. The van der Waals surface area contributed by atoms with Gasteiger partial charge in [-0.15, -0.1) is 0 Å². The molecule has 2 aliphatic carbocycles. The maximum Gasteiger partial charge on any atom is 0.336 e. The van der Waals surface area contributed by atoms with Gasteiger partial charge in [0.15, 0.2) is 0 Å². The second kappa shape index (κ2) is 11.6. The quantitative estimate of drug-likeness (QED) is 0.193. The van der Waals surface area contributed by atoms with E-state index in [1.165, 1.54) is 42.0 Å². The molecular formula is C38H37N3O6. The third-order valence-corrected chi connectivity index (χ3v) is 10.3. The minimum atomic E-state index is -1.00. The van der Waals surface area contributed by atoms with E-state index in [2.05, 4.69) is 27.3 Å². The van der Waals surface area contributed by atoms with Gasteiger partial charge in [0.2, 0.25) is 5.91 Å². The van der Waals surface area contributed by atoms with E-state index in [1.54, 1.807) is 31.4 Å². The van der Waals surface area contributed by atoms with E-state index in [1.807, 2.05) is 24.3 Å². The summed E-state index contributed by atoms with van der Waals surface area (Å²) in [5, 5.41) is 7.97. The van der Waals surface area contributed by atoms with Gasteiger partial charge in [-0.2, -0.15) is 0 Å². The molecule has 0 saturated heterocycles. The van der Waals surface area contributed by atoms with Crippen molar-refractivity contribution in [2.75, 3.05) is 19.0 Å². The highest BCUT2D eigenvalue weighted by molar-refractivity contribution is 6.06. The molecule has 2 amide bonds. The van der Waals surface area contributed by atoms with Crippen LogP contribution in [-0.4, -0.2) is 35.6 Å². The molecule has 0 atom stereocenters. The maximum atomic E-state index is 13.9. The molecule has 3 aromatic carbocycles. The van der Waals surface area contributed by atoms with E-state index in [0.29, 0.717) is 54.1 Å². The first-order chi connectivity index (χ1) is 22.9. The van der Waals surface area contributed by atoms with Crippen LogP contribution in [0.3, 0.4) is 0 Å². The van der Waals surface area contributed by atoms with Gasteiger partial charge in [0.05, 0.1) is 19.3 Å². The number of fused-ring (bicyclic) bond motifs is 6. The van der Waals surface area contributed by atoms with Gasteiger partial charge in [-0.05, 0) is 92.1 Å². The number of aromatic nitrogens is 1. The van der Waals surface area contributed by atoms with Crippen LogP contribution in [0.4, 0.5) is 5.69 Å². The Kier molecular flexibility index (Phi) is 7.27. The average molecular weight is 632 g/mol. The molecule has 2 fully saturated rings. The van der Waals surface area contributed by atoms with Crippen LogP contribution in [0, 0.1) is 0 Å². The highest BCUT2D eigenvalue weighted by Gasteiger charge is 2.45. The second-order valence-corrected chi connectivity index (χ2v) is 13.0. The Hall–Kier alpha value is -5.05. The fourth-order valence-corrected chi connectivity index (χ4v) is 7.67. The number of nitrogens with one attached hydrogen (secondary N) is 2. The second-order valence-electron chi connectivity index (χ2n) is 13.0. The predicted octanol–water partition coefficient (Wildman–Crippen LogP) is 7.15. The summed E-state index contributed by atoms with van der Waals surface area (Å²) in [6, 6.07) is 20.2. The van der Waals surface area contributed by atoms with Crippen LogP contribution < -0.4 is 25.7 Å². The van der Waals surface area contributed by atoms with Crippen LogP contribution in [0.5, 0.6) is 11.5 Å². The summed E-state index contributed by atoms with van der Waals surface area (Å²) < 4.78 is 19.3. The number of anilines is 1. The van der Waals surface area contributed by atoms with E-state index in [0.717, 1.165) is 41.8 Å². The molecule has 3 heterocycles. The molecule has 9 heteroatoms. The fourth-order valence-electron chi connectivity index (χ4n) is 7.67. The molecule has 0 radical (unpaired) electrons. The van der Waals surface area contributed by atoms with Crippen LogP contribution in [0.25, 0.3) is 33.1 Å². The van der Waals surface area contributed by atoms with Gasteiger partial charge in [0, 0.05) is 45.2 Å². The van der Waals surface area contributed by atoms with Gasteiger partial charge in [-0.25, -0.2) is 4.79 Å². The summed E-state index contributed by atoms with van der Waals surface area (Å²) in [6.07, 6.45) is 7.93. The van der Waals surface area contributed by atoms with Crippen molar-refractivity contribution in [1.82, 2.24) is 9.88 Å². The lowest BCUT2D eigenvalue weighted by Gasteiger charge is -2.40. The third-order valence-electron chi connectivity index (χ3n) is 10.3. The summed E-state index contributed by atoms with van der Waals surface area (Å²) in [6.45, 7) is 1.16. The first kappa shape index (κ1) is 29.4. The molecule has 240 valence electrons. The van der Waals surface area contributed by atoms with E-state index in [4.69, 9.17) is 13.9 Å². The average Bonchev–Trinajstić information content (AvgIpc) is 3.27. The lowest BCUT2D eigenvalue weighted by molar-refractivity contribution is -0.125. The normalized spacial score (nSPS) is 17.1. The third kappa shape index (κ3) is 5.14. The Morgan fingerprint density at radius 3 is 2.57 bits per heavy atom. The van der Waals surface area contributed by atoms with Crippen LogP contribution in [0.1, 0.15) is 73.2 Å². The number of methoxy groups -OCH3 is 1. The van der Waals surface area contributed by atoms with Crippen molar-refractivity contribution < 1.29 is 23.5 Å². The Morgan fingerprint density at radius 2 is 1.79 bits per heavy atom. The standard InChI is InChI=1S/C38H37N3O6/c1-45-27-11-13-29-32(22-27)46-19-18-41-30-21-25(8-12-28(30)34(35(29)41)23-6-3-2-4-7-23)36(43)40-38(16-5-17-38)37(44)39-26-10-14-31-24(20-26)9-15-33(42)47-31/h8-15,20-23H,2-7,16-19H2,1H3,(H,39,44)(H,40,43). The van der Waals surface area contributed by atoms with Crippen LogP contribution in [-0.2, 0) is 11.3 Å². The molecule has 5 aromatic rings. The Labute approximate surface area is 271 Å². The van der Waals surface area contributed by atoms with Crippen molar-refractivity contribution >= 4 is 39.4 Å². The minimum Gasteiger partial charge on any atom is -0.497 e. The number of carbonyl (C=O) groups excluding carboxylic acids is 2. The van der Waals surface area contributed by atoms with Gasteiger partial charge < -0.3 is 29.1 Å². The van der Waals surface area contributed by atoms with Gasteiger partial charge in [-0.3, -0.25) is 9.59 Å². The number of amides is 2. The van der Waals surface area contributed by atoms with Gasteiger partial charge >= 0.3 is 5.63 Å². The van der Waals surface area contributed by atoms with Crippen LogP contribution in [0.15, 0.2) is 75.9 Å². The topological polar surface area (TPSA) is 112 Å². The number of ether oxygens (including phenoxy) is 2. The van der Waals surface area contributed by atoms with E-state index >= 15 is 0 Å². The summed E-state index contributed by atoms with van der Waals surface area (Å²) in [5.41, 5.74) is 4.68. The largest absolute Gasteiger partial charge is 0.497 e. The molecule has 2 saturated carbocycles. The lowest BCUT2D eigenvalue weighted by Crippen LogP contribution is -2.61. The van der Waals surface area contributed by atoms with E-state index in [9.17, 15) is 14.4 Å². The fraction of sp³-hybridized carbons (Fsp3) is 0.342. The summed E-state index contributed by atoms with van der Waals surface area (Å²) in [7, 11) is 1.66. The van der Waals surface area contributed by atoms with Crippen molar-refractivity contribution in [1.29, 1.82) is 0 Å². The Balaban J connectivity index is 1.13. The summed E-state index contributed by atoms with van der Waals surface area (Å²) in [4.78, 5) is 39.1. The number of nitrogens with zero attached hydrogens (tertiary/aromatic N) is 1. The lowest BCUT2D eigenvalue weighted by atomic mass is 9.75. The van der Waals surface area contributed by atoms with Gasteiger partial charge in [0.25, 0.3) is 5.91 Å². The zero-order valence-electron chi connectivity index (χ0n) is 26.4. The summed E-state index contributed by atoms with van der Waals surface area (Å²) >= 11 is 0. The van der Waals surface area contributed by atoms with Crippen molar-refractivity contribution in [2.45, 2.75) is 69.4 Å². The molecule has 3 aliphatic rings. The number of hydrogen-bond donors (Lipinski definition) is 2. The molecule has 1 aliphatic heterocycles. The van der Waals surface area contributed by atoms with Gasteiger partial charge in [0.1, 0.15) is 29.2 Å². The zero-order valence-corrected chi connectivity index (χ0v) is 26.4. The van der Waals surface area contributed by atoms with Crippen molar-refractivity contribution in [2.24, 2.45) is 0 Å².